The first-order valence-electron chi connectivity index (χ1n) is 20.9. The minimum atomic E-state index is 0.576. The van der Waals surface area contributed by atoms with E-state index in [-0.39, 0.29) is 0 Å². The second-order valence-corrected chi connectivity index (χ2v) is 16.6. The lowest BCUT2D eigenvalue weighted by atomic mass is 9.97. The zero-order valence-corrected chi connectivity index (χ0v) is 34.7. The van der Waals surface area contributed by atoms with E-state index in [2.05, 4.69) is 188 Å². The molecule has 12 rings (SSSR count). The van der Waals surface area contributed by atoms with Gasteiger partial charge in [-0.3, -0.25) is 4.57 Å². The molecule has 0 radical (unpaired) electrons. The Balaban J connectivity index is 0.00000136. The van der Waals surface area contributed by atoms with Gasteiger partial charge in [-0.25, -0.2) is 4.98 Å². The van der Waals surface area contributed by atoms with E-state index in [0.29, 0.717) is 17.6 Å². The minimum Gasteiger partial charge on any atom is -0.277 e. The van der Waals surface area contributed by atoms with Gasteiger partial charge in [0, 0.05) is 47.6 Å². The molecule has 0 unspecified atom stereocenters. The van der Waals surface area contributed by atoms with E-state index in [9.17, 15) is 0 Å². The van der Waals surface area contributed by atoms with Gasteiger partial charge in [0.2, 0.25) is 5.95 Å². The monoisotopic (exact) mass is 800 g/mol. The smallest absolute Gasteiger partial charge is 0.238 e. The Morgan fingerprint density at radius 3 is 1.64 bits per heavy atom. The van der Waals surface area contributed by atoms with E-state index in [4.69, 9.17) is 15.0 Å². The van der Waals surface area contributed by atoms with Gasteiger partial charge in [-0.15, -0.1) is 11.3 Å². The zero-order valence-electron chi connectivity index (χ0n) is 33.9. The fourth-order valence-corrected chi connectivity index (χ4v) is 9.85. The van der Waals surface area contributed by atoms with Crippen LogP contribution in [-0.4, -0.2) is 19.5 Å². The molecular weight excluding hydrogens is 761 g/mol. The van der Waals surface area contributed by atoms with Crippen LogP contribution in [-0.2, 0) is 0 Å². The number of hydrogen-bond acceptors (Lipinski definition) is 4. The molecule has 0 atom stereocenters. The van der Waals surface area contributed by atoms with Crippen molar-refractivity contribution in [1.29, 1.82) is 0 Å². The summed E-state index contributed by atoms with van der Waals surface area (Å²) in [5.74, 6) is 1.82. The number of hydrogen-bond donors (Lipinski definition) is 0. The minimum absolute atomic E-state index is 0.576. The maximum absolute atomic E-state index is 5.35. The lowest BCUT2D eigenvalue weighted by molar-refractivity contribution is 0.954. The van der Waals surface area contributed by atoms with E-state index in [0.717, 1.165) is 44.2 Å². The van der Waals surface area contributed by atoms with Crippen LogP contribution >= 0.6 is 11.3 Å². The van der Waals surface area contributed by atoms with Crippen LogP contribution in [0.4, 0.5) is 0 Å². The van der Waals surface area contributed by atoms with Gasteiger partial charge in [0.15, 0.2) is 11.6 Å². The SMILES string of the molecule is CCC.c1ccc(-c2ccc(-c3nc(-c4ccccc4)nc(-n4c5ccc6ccccc6c5c5cccc(-c6ccc7sc8ccc9ccccc9c8c7c6)c54)n3)cc2)cc1. The van der Waals surface area contributed by atoms with Gasteiger partial charge in [0.25, 0.3) is 0 Å². The van der Waals surface area contributed by atoms with Crippen LogP contribution < -0.4 is 0 Å². The first-order valence-corrected chi connectivity index (χ1v) is 21.8. The number of thiophene rings is 1. The molecule has 0 N–H and O–H groups in total. The van der Waals surface area contributed by atoms with Gasteiger partial charge < -0.3 is 0 Å². The topological polar surface area (TPSA) is 43.6 Å². The third-order valence-corrected chi connectivity index (χ3v) is 12.6. The normalized spacial score (nSPS) is 11.5. The van der Waals surface area contributed by atoms with Crippen molar-refractivity contribution in [2.24, 2.45) is 0 Å². The molecule has 0 aliphatic rings. The fourth-order valence-electron chi connectivity index (χ4n) is 8.74. The summed E-state index contributed by atoms with van der Waals surface area (Å²) >= 11 is 1.86. The highest BCUT2D eigenvalue weighted by Gasteiger charge is 2.22. The highest BCUT2D eigenvalue weighted by Crippen LogP contribution is 2.44. The molecule has 0 aliphatic heterocycles. The van der Waals surface area contributed by atoms with Crippen LogP contribution in [0.5, 0.6) is 0 Å². The van der Waals surface area contributed by atoms with Crippen molar-refractivity contribution in [2.75, 3.05) is 0 Å². The Kier molecular flexibility index (Phi) is 9.17. The molecular formula is C56H40N4S. The van der Waals surface area contributed by atoms with Crippen molar-refractivity contribution in [3.05, 3.63) is 194 Å². The van der Waals surface area contributed by atoms with Gasteiger partial charge in [-0.1, -0.05) is 190 Å². The lowest BCUT2D eigenvalue weighted by Crippen LogP contribution is -2.07. The molecule has 5 heteroatoms. The number of nitrogens with zero attached hydrogens (tertiary/aromatic N) is 4. The Morgan fingerprint density at radius 2 is 0.934 bits per heavy atom. The first kappa shape index (κ1) is 36.6. The molecule has 9 aromatic carbocycles. The van der Waals surface area contributed by atoms with Gasteiger partial charge in [-0.2, -0.15) is 9.97 Å². The summed E-state index contributed by atoms with van der Waals surface area (Å²) < 4.78 is 4.85. The molecule has 3 aromatic heterocycles. The Morgan fingerprint density at radius 1 is 0.410 bits per heavy atom. The Labute approximate surface area is 358 Å². The summed E-state index contributed by atoms with van der Waals surface area (Å²) in [6, 6.07) is 69.1. The number of para-hydroxylation sites is 1. The molecule has 290 valence electrons. The average molecular weight is 801 g/mol. The molecule has 0 saturated heterocycles. The maximum Gasteiger partial charge on any atom is 0.238 e. The largest absolute Gasteiger partial charge is 0.277 e. The summed E-state index contributed by atoms with van der Waals surface area (Å²) in [4.78, 5) is 15.8. The predicted octanol–water partition coefficient (Wildman–Crippen LogP) is 15.7. The van der Waals surface area contributed by atoms with Crippen LogP contribution in [0.25, 0.3) is 115 Å². The molecule has 0 saturated carbocycles. The molecule has 12 aromatic rings. The molecule has 0 aliphatic carbocycles. The van der Waals surface area contributed by atoms with Gasteiger partial charge in [0.05, 0.1) is 11.0 Å². The standard InChI is InChI=1S/C53H32N4S.C3H8/c1-3-12-33(13-4-1)34-22-24-38(25-23-34)52-54-51(37-16-5-2-6-17-37)55-53(56-52)57-45-29-26-35-14-7-9-18-40(35)48(45)43-21-11-20-42(50(43)57)39-28-30-46-44(32-39)49-41-19-10-8-15-36(41)27-31-47(49)58-46;1-3-2/h1-32H;3H2,1-2H3. The molecule has 4 nitrogen and oxygen atoms in total. The number of aromatic nitrogens is 4. The number of benzene rings is 9. The highest BCUT2D eigenvalue weighted by atomic mass is 32.1. The molecule has 0 amide bonds. The van der Waals surface area contributed by atoms with Gasteiger partial charge in [-0.05, 0) is 62.5 Å². The summed E-state index contributed by atoms with van der Waals surface area (Å²) in [6.07, 6.45) is 1.25. The predicted molar refractivity (Wildman–Crippen MR) is 260 cm³/mol. The second kappa shape index (κ2) is 15.3. The first-order chi connectivity index (χ1) is 30.2. The van der Waals surface area contributed by atoms with Crippen molar-refractivity contribution >= 4 is 74.9 Å². The average Bonchev–Trinajstić information content (AvgIpc) is 3.88. The van der Waals surface area contributed by atoms with Crippen LogP contribution in [0.2, 0.25) is 0 Å². The zero-order chi connectivity index (χ0) is 40.9. The molecule has 3 heterocycles. The second-order valence-electron chi connectivity index (χ2n) is 15.5. The highest BCUT2D eigenvalue weighted by molar-refractivity contribution is 7.26. The van der Waals surface area contributed by atoms with E-state index in [1.54, 1.807) is 0 Å². The third-order valence-electron chi connectivity index (χ3n) is 11.5. The van der Waals surface area contributed by atoms with Crippen LogP contribution in [0.3, 0.4) is 0 Å². The molecule has 0 fully saturated rings. The van der Waals surface area contributed by atoms with Crippen LogP contribution in [0.15, 0.2) is 194 Å². The Bertz CT molecular complexity index is 3570. The third kappa shape index (κ3) is 6.33. The van der Waals surface area contributed by atoms with E-state index >= 15 is 0 Å². The molecule has 0 spiro atoms. The van der Waals surface area contributed by atoms with E-state index in [1.165, 1.54) is 59.1 Å². The van der Waals surface area contributed by atoms with Gasteiger partial charge in [0.1, 0.15) is 0 Å². The molecule has 61 heavy (non-hydrogen) atoms. The maximum atomic E-state index is 5.35. The van der Waals surface area contributed by atoms with E-state index in [1.807, 2.05) is 35.6 Å². The van der Waals surface area contributed by atoms with Gasteiger partial charge >= 0.3 is 0 Å². The summed E-state index contributed by atoms with van der Waals surface area (Å²) in [6.45, 7) is 4.25. The van der Waals surface area contributed by atoms with Crippen molar-refractivity contribution in [3.63, 3.8) is 0 Å². The number of fused-ring (bicyclic) bond motifs is 10. The van der Waals surface area contributed by atoms with Crippen molar-refractivity contribution in [2.45, 2.75) is 20.3 Å². The summed E-state index contributed by atoms with van der Waals surface area (Å²) in [5, 5.41) is 9.84. The quantitative estimate of drug-likeness (QED) is 0.174. The van der Waals surface area contributed by atoms with Crippen molar-refractivity contribution in [1.82, 2.24) is 19.5 Å². The van der Waals surface area contributed by atoms with Crippen molar-refractivity contribution < 1.29 is 0 Å². The Hall–Kier alpha value is -7.47. The van der Waals surface area contributed by atoms with Crippen LogP contribution in [0.1, 0.15) is 20.3 Å². The lowest BCUT2D eigenvalue weighted by Gasteiger charge is -2.13. The fraction of sp³-hybridized carbons (Fsp3) is 0.0536. The summed E-state index contributed by atoms with van der Waals surface area (Å²) in [7, 11) is 0. The number of rotatable bonds is 5. The molecule has 0 bridgehead atoms. The van der Waals surface area contributed by atoms with Crippen molar-refractivity contribution in [3.8, 4) is 51.0 Å². The summed E-state index contributed by atoms with van der Waals surface area (Å²) in [5.41, 5.74) is 8.54. The van der Waals surface area contributed by atoms with Crippen LogP contribution in [0, 0.1) is 0 Å². The van der Waals surface area contributed by atoms with E-state index < -0.39 is 0 Å².